The standard InChI is InChI=1S/2C17H19NO6/c2*19-14-9-15-3-1-12(23-24-15)7-16(15)13-8-17(20-5-6-21-17)22-10-11(13)2-4-18(14)16/h2*1,3,12H,2,4-10H2/t2*12-,15-,16+/m00/s1. The molecular formula is C34H38N2O12. The van der Waals surface area contributed by atoms with Crippen LogP contribution in [0.1, 0.15) is 51.4 Å². The Morgan fingerprint density at radius 1 is 0.583 bits per heavy atom. The molecule has 2 amide bonds. The maximum absolute atomic E-state index is 12.8. The molecule has 14 heteroatoms. The molecule has 2 aliphatic carbocycles. The van der Waals surface area contributed by atoms with Crippen LogP contribution in [0, 0.1) is 0 Å². The zero-order valence-electron chi connectivity index (χ0n) is 26.6. The Morgan fingerprint density at radius 3 is 1.42 bits per heavy atom. The van der Waals surface area contributed by atoms with E-state index in [0.717, 1.165) is 25.7 Å². The molecule has 48 heavy (non-hydrogen) atoms. The largest absolute Gasteiger partial charge is 0.329 e. The molecule has 0 aromatic heterocycles. The van der Waals surface area contributed by atoms with Crippen molar-refractivity contribution in [2.75, 3.05) is 52.7 Å². The number of fused-ring (bicyclic) bond motifs is 2. The summed E-state index contributed by atoms with van der Waals surface area (Å²) in [5, 5.41) is 0. The normalized spacial score (nSPS) is 44.9. The van der Waals surface area contributed by atoms with Gasteiger partial charge in [-0.2, -0.15) is 0 Å². The molecule has 12 aliphatic heterocycles. The first kappa shape index (κ1) is 29.3. The third-order valence-corrected chi connectivity index (χ3v) is 12.8. The van der Waals surface area contributed by atoms with Crippen LogP contribution in [-0.2, 0) is 57.6 Å². The maximum Gasteiger partial charge on any atom is 0.287 e. The summed E-state index contributed by atoms with van der Waals surface area (Å²) in [5.74, 6) is -1.73. The van der Waals surface area contributed by atoms with E-state index >= 15 is 0 Å². The number of carbonyl (C=O) groups excluding carboxylic acids is 2. The number of ether oxygens (including phenoxy) is 6. The lowest BCUT2D eigenvalue weighted by molar-refractivity contribution is -0.414. The predicted octanol–water partition coefficient (Wildman–Crippen LogP) is 1.62. The van der Waals surface area contributed by atoms with Gasteiger partial charge in [-0.3, -0.25) is 9.59 Å². The van der Waals surface area contributed by atoms with Gasteiger partial charge in [0.15, 0.2) is 11.2 Å². The molecule has 0 N–H and O–H groups in total. The minimum absolute atomic E-state index is 0.128. The van der Waals surface area contributed by atoms with E-state index in [2.05, 4.69) is 0 Å². The smallest absolute Gasteiger partial charge is 0.287 e. The quantitative estimate of drug-likeness (QED) is 0.275. The molecule has 14 rings (SSSR count). The van der Waals surface area contributed by atoms with E-state index in [1.807, 2.05) is 34.1 Å². The number of carbonyl (C=O) groups is 2. The van der Waals surface area contributed by atoms with Crippen LogP contribution in [0.2, 0.25) is 0 Å². The molecule has 12 heterocycles. The lowest BCUT2D eigenvalue weighted by Crippen LogP contribution is -2.68. The molecule has 6 spiro atoms. The van der Waals surface area contributed by atoms with Crippen molar-refractivity contribution in [1.29, 1.82) is 0 Å². The molecule has 14 nitrogen and oxygen atoms in total. The fourth-order valence-corrected chi connectivity index (χ4v) is 10.8. The fourth-order valence-electron chi connectivity index (χ4n) is 10.8. The van der Waals surface area contributed by atoms with Gasteiger partial charge in [-0.05, 0) is 47.3 Å². The lowest BCUT2D eigenvalue weighted by atomic mass is 9.63. The molecule has 4 bridgehead atoms. The van der Waals surface area contributed by atoms with Gasteiger partial charge >= 0.3 is 0 Å². The van der Waals surface area contributed by atoms with Gasteiger partial charge in [0.1, 0.15) is 23.3 Å². The topological polar surface area (TPSA) is 133 Å². The summed E-state index contributed by atoms with van der Waals surface area (Å²) in [5.41, 5.74) is 2.47. The van der Waals surface area contributed by atoms with Crippen molar-refractivity contribution in [3.05, 3.63) is 46.6 Å². The third kappa shape index (κ3) is 3.52. The summed E-state index contributed by atoms with van der Waals surface area (Å²) < 4.78 is 35.0. The van der Waals surface area contributed by atoms with Gasteiger partial charge < -0.3 is 38.2 Å². The van der Waals surface area contributed by atoms with E-state index in [1.165, 1.54) is 22.3 Å². The summed E-state index contributed by atoms with van der Waals surface area (Å²) in [6.45, 7) is 4.53. The van der Waals surface area contributed by atoms with Gasteiger partial charge in [0.25, 0.3) is 11.9 Å². The number of nitrogens with zero attached hydrogens (tertiary/aromatic N) is 2. The molecule has 6 fully saturated rings. The van der Waals surface area contributed by atoms with Crippen LogP contribution in [0.15, 0.2) is 46.6 Å². The van der Waals surface area contributed by atoms with Crippen LogP contribution in [0.3, 0.4) is 0 Å². The number of amides is 2. The molecule has 0 saturated carbocycles. The highest BCUT2D eigenvalue weighted by atomic mass is 17.2. The van der Waals surface area contributed by atoms with Crippen molar-refractivity contribution in [1.82, 2.24) is 9.80 Å². The lowest BCUT2D eigenvalue weighted by Gasteiger charge is -2.58. The Morgan fingerprint density at radius 2 is 1.02 bits per heavy atom. The second-order valence-electron chi connectivity index (χ2n) is 14.9. The van der Waals surface area contributed by atoms with Crippen LogP contribution in [0.5, 0.6) is 0 Å². The van der Waals surface area contributed by atoms with Crippen LogP contribution < -0.4 is 0 Å². The van der Waals surface area contributed by atoms with E-state index in [1.54, 1.807) is 0 Å². The fraction of sp³-hybridized carbons (Fsp3) is 0.706. The minimum atomic E-state index is -0.995. The molecule has 0 radical (unpaired) electrons. The van der Waals surface area contributed by atoms with Gasteiger partial charge in [-0.15, -0.1) is 0 Å². The van der Waals surface area contributed by atoms with Crippen molar-refractivity contribution >= 4 is 11.8 Å². The zero-order valence-corrected chi connectivity index (χ0v) is 26.6. The Balaban J connectivity index is 0.000000117. The average molecular weight is 667 g/mol. The zero-order chi connectivity index (χ0) is 32.0. The first-order chi connectivity index (χ1) is 23.3. The first-order valence-corrected chi connectivity index (χ1v) is 17.3. The summed E-state index contributed by atoms with van der Waals surface area (Å²) in [4.78, 5) is 52.2. The average Bonchev–Trinajstić information content (AvgIpc) is 3.87. The third-order valence-electron chi connectivity index (χ3n) is 12.8. The van der Waals surface area contributed by atoms with E-state index < -0.39 is 34.2 Å². The van der Waals surface area contributed by atoms with E-state index in [-0.39, 0.29) is 24.0 Å². The minimum Gasteiger partial charge on any atom is -0.329 e. The maximum atomic E-state index is 12.8. The molecule has 0 aromatic rings. The van der Waals surface area contributed by atoms with Crippen LogP contribution in [-0.4, -0.2) is 121 Å². The van der Waals surface area contributed by atoms with Crippen molar-refractivity contribution < 1.29 is 57.6 Å². The van der Waals surface area contributed by atoms with Crippen molar-refractivity contribution in [2.45, 2.75) is 97.8 Å². The summed E-state index contributed by atoms with van der Waals surface area (Å²) in [6, 6.07) is 0. The highest BCUT2D eigenvalue weighted by Gasteiger charge is 2.73. The van der Waals surface area contributed by atoms with E-state index in [9.17, 15) is 9.59 Å². The number of hydrogen-bond donors (Lipinski definition) is 0. The van der Waals surface area contributed by atoms with E-state index in [0.29, 0.717) is 78.4 Å². The Kier molecular flexibility index (Phi) is 5.87. The highest BCUT2D eigenvalue weighted by Crippen LogP contribution is 2.62. The summed E-state index contributed by atoms with van der Waals surface area (Å²) >= 11 is 0. The number of hydrogen-bond acceptors (Lipinski definition) is 12. The van der Waals surface area contributed by atoms with Gasteiger partial charge in [0.2, 0.25) is 11.8 Å². The molecular weight excluding hydrogens is 628 g/mol. The molecule has 14 aliphatic rings. The van der Waals surface area contributed by atoms with Crippen LogP contribution in [0.4, 0.5) is 0 Å². The summed E-state index contributed by atoms with van der Waals surface area (Å²) in [6.07, 6.45) is 12.7. The van der Waals surface area contributed by atoms with Gasteiger partial charge in [0, 0.05) is 25.9 Å². The van der Waals surface area contributed by atoms with Crippen LogP contribution >= 0.6 is 0 Å². The molecule has 256 valence electrons. The molecule has 0 unspecified atom stereocenters. The van der Waals surface area contributed by atoms with Crippen LogP contribution in [0.25, 0.3) is 0 Å². The Labute approximate surface area is 276 Å². The van der Waals surface area contributed by atoms with Crippen molar-refractivity contribution in [3.63, 3.8) is 0 Å². The number of rotatable bonds is 0. The Hall–Kier alpha value is -2.50. The van der Waals surface area contributed by atoms with Crippen molar-refractivity contribution in [3.8, 4) is 0 Å². The second-order valence-corrected chi connectivity index (χ2v) is 14.9. The van der Waals surface area contributed by atoms with Gasteiger partial charge in [-0.25, -0.2) is 19.6 Å². The SMILES string of the molecule is O=C1C[C@@]23C=C[C@@H](C[C@@]24C2=C(CCN14)COC1(C2)OCCO1)OO3.O=C1C[C@@]23C=C[C@@H](C[C@@]24C2=C(CCN14)COC1(C2)OCCO1)OO3. The second kappa shape index (κ2) is 9.63. The Bertz CT molecular complexity index is 1510. The summed E-state index contributed by atoms with van der Waals surface area (Å²) in [7, 11) is 0. The monoisotopic (exact) mass is 666 g/mol. The van der Waals surface area contributed by atoms with E-state index in [4.69, 9.17) is 48.0 Å². The molecule has 6 saturated heterocycles. The van der Waals surface area contributed by atoms with Gasteiger partial charge in [-0.1, -0.05) is 12.2 Å². The first-order valence-electron chi connectivity index (χ1n) is 17.3. The molecule has 0 aromatic carbocycles. The van der Waals surface area contributed by atoms with Gasteiger partial charge in [0.05, 0.1) is 65.3 Å². The predicted molar refractivity (Wildman–Crippen MR) is 157 cm³/mol. The van der Waals surface area contributed by atoms with Crippen molar-refractivity contribution in [2.24, 2.45) is 0 Å². The molecule has 6 atom stereocenters. The highest BCUT2D eigenvalue weighted by molar-refractivity contribution is 5.86.